The van der Waals surface area contributed by atoms with Gasteiger partial charge in [0, 0.05) is 11.5 Å². The maximum atomic E-state index is 12.9. The number of esters is 1. The van der Waals surface area contributed by atoms with Crippen molar-refractivity contribution < 1.29 is 32.9 Å². The highest BCUT2D eigenvalue weighted by Crippen LogP contribution is 2.29. The molecule has 0 saturated heterocycles. The summed E-state index contributed by atoms with van der Waals surface area (Å²) in [5.74, 6) is 0.534. The number of halogens is 1. The van der Waals surface area contributed by atoms with Crippen molar-refractivity contribution in [3.05, 3.63) is 59.9 Å². The Kier molecular flexibility index (Phi) is 9.25. The van der Waals surface area contributed by atoms with Gasteiger partial charge in [0.1, 0.15) is 24.8 Å². The van der Waals surface area contributed by atoms with E-state index < -0.39 is 11.4 Å². The van der Waals surface area contributed by atoms with Gasteiger partial charge in [-0.2, -0.15) is 0 Å². The number of ether oxygens (including phenoxy) is 4. The van der Waals surface area contributed by atoms with Crippen LogP contribution in [0.1, 0.15) is 33.3 Å². The Labute approximate surface area is 187 Å². The van der Waals surface area contributed by atoms with E-state index in [1.165, 1.54) is 18.2 Å². The van der Waals surface area contributed by atoms with Crippen LogP contribution >= 0.6 is 0 Å². The number of hydrogen-bond donors (Lipinski definition) is 0. The number of carbonyl (C=O) groups excluding carboxylic acids is 2. The first-order valence-corrected chi connectivity index (χ1v) is 10.3. The predicted molar refractivity (Wildman–Crippen MR) is 119 cm³/mol. The van der Waals surface area contributed by atoms with Gasteiger partial charge in [-0.1, -0.05) is 26.8 Å². The fraction of sp³-hybridized carbons (Fsp3) is 0.360. The highest BCUT2D eigenvalue weighted by atomic mass is 19.1. The Balaban J connectivity index is 1.90. The minimum atomic E-state index is -0.598. The summed E-state index contributed by atoms with van der Waals surface area (Å²) < 4.78 is 34.8. The third-order valence-electron chi connectivity index (χ3n) is 4.28. The summed E-state index contributed by atoms with van der Waals surface area (Å²) >= 11 is 0. The smallest absolute Gasteiger partial charge is 0.331 e. The van der Waals surface area contributed by atoms with Gasteiger partial charge in [-0.3, -0.25) is 4.79 Å². The van der Waals surface area contributed by atoms with Crippen LogP contribution in [0.15, 0.2) is 48.5 Å². The molecule has 0 saturated carbocycles. The number of carbonyl (C=O) groups is 2. The van der Waals surface area contributed by atoms with E-state index in [2.05, 4.69) is 0 Å². The van der Waals surface area contributed by atoms with E-state index in [9.17, 15) is 14.0 Å². The lowest BCUT2D eigenvalue weighted by molar-refractivity contribution is -0.145. The number of ketones is 1. The molecule has 0 spiro atoms. The SMILES string of the molecule is CCOc1cc(C=CC(=O)OCC(=O)C(C)(C)C)ccc1OCCOc1ccc(F)cc1. The molecule has 0 amide bonds. The predicted octanol–water partition coefficient (Wildman–Crippen LogP) is 4.85. The molecule has 0 fully saturated rings. The third-order valence-corrected chi connectivity index (χ3v) is 4.28. The monoisotopic (exact) mass is 444 g/mol. The molecule has 0 atom stereocenters. The number of benzene rings is 2. The van der Waals surface area contributed by atoms with Gasteiger partial charge in [0.2, 0.25) is 0 Å². The molecule has 0 aliphatic carbocycles. The molecule has 2 aromatic rings. The summed E-state index contributed by atoms with van der Waals surface area (Å²) in [6.45, 7) is 7.88. The molecule has 2 aromatic carbocycles. The molecule has 0 radical (unpaired) electrons. The van der Waals surface area contributed by atoms with Gasteiger partial charge in [0.05, 0.1) is 6.61 Å². The standard InChI is InChI=1S/C25H29FO6/c1-5-29-22-16-18(7-13-24(28)32-17-23(27)25(2,3)4)6-12-21(22)31-15-14-30-20-10-8-19(26)9-11-20/h6-13,16H,5,14-15,17H2,1-4H3. The van der Waals surface area contributed by atoms with E-state index in [-0.39, 0.29) is 31.4 Å². The Morgan fingerprint density at radius 2 is 1.62 bits per heavy atom. The van der Waals surface area contributed by atoms with Gasteiger partial charge in [-0.05, 0) is 55.0 Å². The fourth-order valence-corrected chi connectivity index (χ4v) is 2.42. The summed E-state index contributed by atoms with van der Waals surface area (Å²) in [6, 6.07) is 11.0. The zero-order chi connectivity index (χ0) is 23.6. The van der Waals surface area contributed by atoms with Crippen molar-refractivity contribution >= 4 is 17.8 Å². The van der Waals surface area contributed by atoms with Crippen LogP contribution in [0.3, 0.4) is 0 Å². The Bertz CT molecular complexity index is 928. The highest BCUT2D eigenvalue weighted by molar-refractivity contribution is 5.91. The van der Waals surface area contributed by atoms with Gasteiger partial charge in [0.25, 0.3) is 0 Å². The first-order chi connectivity index (χ1) is 15.2. The lowest BCUT2D eigenvalue weighted by atomic mass is 9.91. The molecular formula is C25H29FO6. The fourth-order valence-electron chi connectivity index (χ4n) is 2.42. The largest absolute Gasteiger partial charge is 0.490 e. The normalized spacial score (nSPS) is 11.3. The second kappa shape index (κ2) is 11.9. The van der Waals surface area contributed by atoms with Crippen LogP contribution in [0.5, 0.6) is 17.2 Å². The van der Waals surface area contributed by atoms with Crippen LogP contribution in [-0.4, -0.2) is 38.2 Å². The van der Waals surface area contributed by atoms with Gasteiger partial charge >= 0.3 is 5.97 Å². The van der Waals surface area contributed by atoms with Crippen molar-refractivity contribution in [2.24, 2.45) is 5.41 Å². The molecular weight excluding hydrogens is 415 g/mol. The first kappa shape index (κ1) is 24.9. The first-order valence-electron chi connectivity index (χ1n) is 10.3. The summed E-state index contributed by atoms with van der Waals surface area (Å²) in [7, 11) is 0. The molecule has 7 heteroatoms. The highest BCUT2D eigenvalue weighted by Gasteiger charge is 2.22. The van der Waals surface area contributed by atoms with Crippen LogP contribution in [-0.2, 0) is 14.3 Å². The van der Waals surface area contributed by atoms with E-state index >= 15 is 0 Å². The average Bonchev–Trinajstić information content (AvgIpc) is 2.75. The summed E-state index contributed by atoms with van der Waals surface area (Å²) in [5.41, 5.74) is 0.151. The van der Waals surface area contributed by atoms with Crippen LogP contribution in [0.2, 0.25) is 0 Å². The lowest BCUT2D eigenvalue weighted by Gasteiger charge is -2.15. The van der Waals surface area contributed by atoms with Crippen LogP contribution in [0, 0.1) is 11.2 Å². The van der Waals surface area contributed by atoms with Crippen molar-refractivity contribution in [2.45, 2.75) is 27.7 Å². The lowest BCUT2D eigenvalue weighted by Crippen LogP contribution is -2.25. The minimum absolute atomic E-state index is 0.150. The van der Waals surface area contributed by atoms with Crippen LogP contribution in [0.25, 0.3) is 6.08 Å². The van der Waals surface area contributed by atoms with Crippen LogP contribution in [0.4, 0.5) is 4.39 Å². The summed E-state index contributed by atoms with van der Waals surface area (Å²) in [5, 5.41) is 0. The van der Waals surface area contributed by atoms with Crippen molar-refractivity contribution in [1.82, 2.24) is 0 Å². The quantitative estimate of drug-likeness (QED) is 0.280. The van der Waals surface area contributed by atoms with Gasteiger partial charge in [0.15, 0.2) is 23.9 Å². The number of rotatable bonds is 11. The van der Waals surface area contributed by atoms with Crippen molar-refractivity contribution in [3.8, 4) is 17.2 Å². The van der Waals surface area contributed by atoms with Crippen molar-refractivity contribution in [3.63, 3.8) is 0 Å². The van der Waals surface area contributed by atoms with Crippen molar-refractivity contribution in [1.29, 1.82) is 0 Å². The van der Waals surface area contributed by atoms with E-state index in [0.717, 1.165) is 0 Å². The molecule has 172 valence electrons. The second-order valence-corrected chi connectivity index (χ2v) is 7.90. The van der Waals surface area contributed by atoms with E-state index in [0.29, 0.717) is 29.4 Å². The maximum absolute atomic E-state index is 12.9. The molecule has 0 heterocycles. The molecule has 0 aromatic heterocycles. The topological polar surface area (TPSA) is 71.1 Å². The van der Waals surface area contributed by atoms with E-state index in [1.807, 2.05) is 6.92 Å². The van der Waals surface area contributed by atoms with Crippen LogP contribution < -0.4 is 14.2 Å². The summed E-state index contributed by atoms with van der Waals surface area (Å²) in [4.78, 5) is 23.7. The molecule has 0 aliphatic heterocycles. The molecule has 0 bridgehead atoms. The van der Waals surface area contributed by atoms with Gasteiger partial charge in [-0.25, -0.2) is 9.18 Å². The van der Waals surface area contributed by atoms with Crippen molar-refractivity contribution in [2.75, 3.05) is 26.4 Å². The Hall–Kier alpha value is -3.35. The Morgan fingerprint density at radius 1 is 0.938 bits per heavy atom. The minimum Gasteiger partial charge on any atom is -0.490 e. The van der Waals surface area contributed by atoms with Gasteiger partial charge < -0.3 is 18.9 Å². The number of hydrogen-bond acceptors (Lipinski definition) is 6. The molecule has 6 nitrogen and oxygen atoms in total. The molecule has 0 N–H and O–H groups in total. The maximum Gasteiger partial charge on any atom is 0.331 e. The zero-order valence-electron chi connectivity index (χ0n) is 18.9. The zero-order valence-corrected chi connectivity index (χ0v) is 18.9. The molecule has 2 rings (SSSR count). The molecule has 0 unspecified atom stereocenters. The third kappa shape index (κ3) is 8.41. The van der Waals surface area contributed by atoms with E-state index in [1.54, 1.807) is 57.2 Å². The average molecular weight is 444 g/mol. The second-order valence-electron chi connectivity index (χ2n) is 7.90. The molecule has 0 aliphatic rings. The number of Topliss-reactive ketones (excluding diaryl/α,β-unsaturated/α-hetero) is 1. The molecule has 32 heavy (non-hydrogen) atoms. The Morgan fingerprint density at radius 3 is 2.28 bits per heavy atom. The van der Waals surface area contributed by atoms with E-state index in [4.69, 9.17) is 18.9 Å². The summed E-state index contributed by atoms with van der Waals surface area (Å²) in [6.07, 6.45) is 2.84. The van der Waals surface area contributed by atoms with Gasteiger partial charge in [-0.15, -0.1) is 0 Å².